The number of hydrogen-bond donors (Lipinski definition) is 1. The van der Waals surface area contributed by atoms with E-state index in [1.165, 1.54) is 12.8 Å². The number of allylic oxidation sites excluding steroid dienone is 3. The Hall–Kier alpha value is -2.82. The van der Waals surface area contributed by atoms with Crippen LogP contribution in [0.2, 0.25) is 0 Å². The molecule has 174 valence electrons. The number of rotatable bonds is 14. The summed E-state index contributed by atoms with van der Waals surface area (Å²) in [7, 11) is 1.67. The quantitative estimate of drug-likeness (QED) is 0.215. The molecule has 2 rings (SSSR count). The summed E-state index contributed by atoms with van der Waals surface area (Å²) >= 11 is 0. The zero-order valence-electron chi connectivity index (χ0n) is 20.0. The molecule has 2 aromatic rings. The molecule has 0 aliphatic rings. The fourth-order valence-corrected chi connectivity index (χ4v) is 3.31. The van der Waals surface area contributed by atoms with Gasteiger partial charge in [-0.3, -0.25) is 4.79 Å². The second-order valence-electron chi connectivity index (χ2n) is 8.51. The van der Waals surface area contributed by atoms with E-state index in [-0.39, 0.29) is 5.91 Å². The smallest absolute Gasteiger partial charge is 0.244 e. The van der Waals surface area contributed by atoms with Gasteiger partial charge in [0.1, 0.15) is 5.75 Å². The van der Waals surface area contributed by atoms with Gasteiger partial charge in [0.25, 0.3) is 0 Å². The van der Waals surface area contributed by atoms with Crippen molar-refractivity contribution >= 4 is 16.8 Å². The number of unbranched alkanes of at least 4 members (excludes halogenated alkanes) is 5. The summed E-state index contributed by atoms with van der Waals surface area (Å²) in [6.45, 7) is 7.51. The Balaban J connectivity index is 1.57. The molecular formula is C27H38N2O3. The Morgan fingerprint density at radius 2 is 1.88 bits per heavy atom. The number of benzene rings is 1. The van der Waals surface area contributed by atoms with Gasteiger partial charge in [0, 0.05) is 24.1 Å². The van der Waals surface area contributed by atoms with Gasteiger partial charge in [-0.1, -0.05) is 57.4 Å². The number of para-hydroxylation sites is 1. The van der Waals surface area contributed by atoms with Gasteiger partial charge >= 0.3 is 0 Å². The van der Waals surface area contributed by atoms with E-state index in [0.717, 1.165) is 47.9 Å². The normalized spacial score (nSPS) is 12.0. The highest BCUT2D eigenvalue weighted by molar-refractivity contribution is 5.88. The topological polar surface area (TPSA) is 60.5 Å². The van der Waals surface area contributed by atoms with Crippen molar-refractivity contribution in [1.82, 2.24) is 10.3 Å². The molecule has 0 atom stereocenters. The number of nitrogens with zero attached hydrogens (tertiary/aromatic N) is 1. The van der Waals surface area contributed by atoms with Crippen LogP contribution >= 0.6 is 0 Å². The van der Waals surface area contributed by atoms with Gasteiger partial charge in [0.05, 0.1) is 19.2 Å². The van der Waals surface area contributed by atoms with Gasteiger partial charge in [-0.05, 0) is 49.8 Å². The molecule has 0 saturated carbocycles. The first kappa shape index (κ1) is 25.4. The number of fused-ring (bicyclic) bond motifs is 1. The molecule has 5 nitrogen and oxygen atoms in total. The highest BCUT2D eigenvalue weighted by atomic mass is 16.5. The molecule has 5 heteroatoms. The molecule has 1 aromatic heterocycles. The van der Waals surface area contributed by atoms with E-state index >= 15 is 0 Å². The molecular weight excluding hydrogens is 400 g/mol. The van der Waals surface area contributed by atoms with Gasteiger partial charge in [-0.25, -0.2) is 4.98 Å². The lowest BCUT2D eigenvalue weighted by Gasteiger charge is -2.09. The molecule has 1 aromatic carbocycles. The maximum Gasteiger partial charge on any atom is 0.244 e. The fraction of sp³-hybridized carbons (Fsp3) is 0.481. The van der Waals surface area contributed by atoms with E-state index < -0.39 is 0 Å². The van der Waals surface area contributed by atoms with E-state index in [9.17, 15) is 4.79 Å². The van der Waals surface area contributed by atoms with E-state index in [4.69, 9.17) is 9.47 Å². The monoisotopic (exact) mass is 438 g/mol. The third-order valence-electron chi connectivity index (χ3n) is 5.06. The van der Waals surface area contributed by atoms with Crippen LogP contribution in [-0.2, 0) is 4.79 Å². The molecule has 1 amide bonds. The fourth-order valence-electron chi connectivity index (χ4n) is 3.31. The van der Waals surface area contributed by atoms with Crippen LogP contribution in [-0.4, -0.2) is 31.2 Å². The molecule has 0 unspecified atom stereocenters. The van der Waals surface area contributed by atoms with Crippen LogP contribution in [0.5, 0.6) is 11.6 Å². The Bertz CT molecular complexity index is 903. The predicted molar refractivity (Wildman–Crippen MR) is 132 cm³/mol. The highest BCUT2D eigenvalue weighted by Crippen LogP contribution is 2.28. The van der Waals surface area contributed by atoms with Crippen molar-refractivity contribution in [2.45, 2.75) is 59.3 Å². The summed E-state index contributed by atoms with van der Waals surface area (Å²) in [4.78, 5) is 16.3. The number of aromatic nitrogens is 1. The summed E-state index contributed by atoms with van der Waals surface area (Å²) < 4.78 is 11.3. The minimum atomic E-state index is -0.0135. The number of methoxy groups -OCH3 is 1. The second-order valence-corrected chi connectivity index (χ2v) is 8.51. The average Bonchev–Trinajstić information content (AvgIpc) is 2.78. The van der Waals surface area contributed by atoms with Crippen LogP contribution in [0.3, 0.4) is 0 Å². The van der Waals surface area contributed by atoms with Gasteiger partial charge in [-0.2, -0.15) is 0 Å². The summed E-state index contributed by atoms with van der Waals surface area (Å²) in [6.07, 6.45) is 12.6. The molecule has 32 heavy (non-hydrogen) atoms. The molecule has 0 aliphatic heterocycles. The third kappa shape index (κ3) is 9.54. The Kier molecular flexibility index (Phi) is 11.4. The van der Waals surface area contributed by atoms with E-state index in [1.807, 2.05) is 43.3 Å². The predicted octanol–water partition coefficient (Wildman–Crippen LogP) is 6.24. The van der Waals surface area contributed by atoms with Crippen molar-refractivity contribution in [3.8, 4) is 11.6 Å². The first-order chi connectivity index (χ1) is 15.5. The van der Waals surface area contributed by atoms with Crippen molar-refractivity contribution in [1.29, 1.82) is 0 Å². The lowest BCUT2D eigenvalue weighted by molar-refractivity contribution is -0.116. The summed E-state index contributed by atoms with van der Waals surface area (Å²) in [5.74, 6) is 1.86. The molecule has 0 saturated heterocycles. The van der Waals surface area contributed by atoms with Crippen molar-refractivity contribution in [3.05, 3.63) is 54.1 Å². The van der Waals surface area contributed by atoms with Gasteiger partial charge in [0.2, 0.25) is 11.8 Å². The Labute approximate surface area is 192 Å². The average molecular weight is 439 g/mol. The van der Waals surface area contributed by atoms with Crippen molar-refractivity contribution in [3.63, 3.8) is 0 Å². The summed E-state index contributed by atoms with van der Waals surface area (Å²) in [5.41, 5.74) is 1.87. The first-order valence-electron chi connectivity index (χ1n) is 11.7. The minimum Gasteiger partial charge on any atom is -0.496 e. The van der Waals surface area contributed by atoms with Crippen LogP contribution in [0.4, 0.5) is 0 Å². The maximum absolute atomic E-state index is 11.8. The number of carbonyl (C=O) groups is 1. The number of nitrogens with one attached hydrogen (secondary N) is 1. The number of amides is 1. The van der Waals surface area contributed by atoms with E-state index in [2.05, 4.69) is 30.2 Å². The lowest BCUT2D eigenvalue weighted by atomic mass is 10.1. The molecule has 0 spiro atoms. The van der Waals surface area contributed by atoms with Crippen LogP contribution in [0, 0.1) is 5.92 Å². The molecule has 0 radical (unpaired) electrons. The van der Waals surface area contributed by atoms with Gasteiger partial charge < -0.3 is 14.8 Å². The van der Waals surface area contributed by atoms with E-state index in [0.29, 0.717) is 24.9 Å². The maximum atomic E-state index is 11.8. The number of ether oxygens (including phenoxy) is 2. The van der Waals surface area contributed by atoms with Crippen molar-refractivity contribution in [2.75, 3.05) is 20.3 Å². The third-order valence-corrected chi connectivity index (χ3v) is 5.06. The zero-order valence-corrected chi connectivity index (χ0v) is 20.0. The number of carbonyl (C=O) groups excluding carboxylic acids is 1. The largest absolute Gasteiger partial charge is 0.496 e. The second kappa shape index (κ2) is 14.3. The lowest BCUT2D eigenvalue weighted by Crippen LogP contribution is -2.25. The molecule has 0 aliphatic carbocycles. The molecule has 1 heterocycles. The molecule has 1 N–H and O–H groups in total. The van der Waals surface area contributed by atoms with Crippen molar-refractivity contribution < 1.29 is 14.3 Å². The summed E-state index contributed by atoms with van der Waals surface area (Å²) in [5, 5.41) is 3.90. The number of pyridine rings is 1. The Morgan fingerprint density at radius 3 is 2.66 bits per heavy atom. The highest BCUT2D eigenvalue weighted by Gasteiger charge is 2.06. The first-order valence-corrected chi connectivity index (χ1v) is 11.7. The van der Waals surface area contributed by atoms with Crippen molar-refractivity contribution in [2.24, 2.45) is 5.92 Å². The SMILES string of the molecule is COc1cc(OCCCCCCC/C=C/C(C)=C/C(=O)NCC(C)C)nc2ccccc12. The molecule has 0 bridgehead atoms. The number of hydrogen-bond acceptors (Lipinski definition) is 4. The molecule has 0 fully saturated rings. The van der Waals surface area contributed by atoms with Gasteiger partial charge in [0.15, 0.2) is 0 Å². The van der Waals surface area contributed by atoms with Crippen LogP contribution in [0.1, 0.15) is 59.3 Å². The van der Waals surface area contributed by atoms with Gasteiger partial charge in [-0.15, -0.1) is 0 Å². The summed E-state index contributed by atoms with van der Waals surface area (Å²) in [6, 6.07) is 9.78. The zero-order chi connectivity index (χ0) is 23.2. The van der Waals surface area contributed by atoms with E-state index in [1.54, 1.807) is 13.2 Å². The van der Waals surface area contributed by atoms with Crippen LogP contribution < -0.4 is 14.8 Å². The Morgan fingerprint density at radius 1 is 1.12 bits per heavy atom. The standard InChI is InChI=1S/C27H38N2O3/c1-21(2)20-28-26(30)18-22(3)14-10-8-6-5-7-9-13-17-32-27-19-25(31-4)23-15-11-12-16-24(23)29-27/h10-12,14-16,18-19,21H,5-9,13,17,20H2,1-4H3,(H,28,30)/b14-10+,22-18+. The minimum absolute atomic E-state index is 0.0135. The van der Waals surface area contributed by atoms with Crippen LogP contribution in [0.25, 0.3) is 10.9 Å². The van der Waals surface area contributed by atoms with Crippen LogP contribution in [0.15, 0.2) is 54.1 Å².